The highest BCUT2D eigenvalue weighted by molar-refractivity contribution is 7.99. The van der Waals surface area contributed by atoms with E-state index in [0.29, 0.717) is 12.5 Å². The highest BCUT2D eigenvalue weighted by atomic mass is 32.2. The molecule has 22 heavy (non-hydrogen) atoms. The Hall–Kier alpha value is -1.92. The number of hydrogen-bond donors (Lipinski definition) is 0. The fourth-order valence-corrected chi connectivity index (χ4v) is 3.90. The summed E-state index contributed by atoms with van der Waals surface area (Å²) in [5, 5.41) is 8.95. The summed E-state index contributed by atoms with van der Waals surface area (Å²) in [6.07, 6.45) is 2.94. The molecule has 1 aliphatic heterocycles. The molecule has 0 aliphatic carbocycles. The van der Waals surface area contributed by atoms with E-state index in [9.17, 15) is 0 Å². The second-order valence-corrected chi connectivity index (χ2v) is 6.83. The van der Waals surface area contributed by atoms with Crippen molar-refractivity contribution in [3.05, 3.63) is 54.1 Å². The molecule has 0 aromatic heterocycles. The molecule has 2 aromatic carbocycles. The van der Waals surface area contributed by atoms with Gasteiger partial charge >= 0.3 is 0 Å². The lowest BCUT2D eigenvalue weighted by atomic mass is 10.1. The lowest BCUT2D eigenvalue weighted by Gasteiger charge is -2.25. The van der Waals surface area contributed by atoms with Crippen molar-refractivity contribution in [1.82, 2.24) is 0 Å². The number of aryl methyl sites for hydroxylation is 1. The number of hydrogen-bond acceptors (Lipinski definition) is 3. The molecule has 0 N–H and O–H groups in total. The van der Waals surface area contributed by atoms with E-state index >= 15 is 0 Å². The first-order chi connectivity index (χ1) is 10.8. The Labute approximate surface area is 136 Å². The van der Waals surface area contributed by atoms with Crippen LogP contribution in [0.15, 0.2) is 58.3 Å². The van der Waals surface area contributed by atoms with Gasteiger partial charge in [-0.3, -0.25) is 0 Å². The van der Waals surface area contributed by atoms with Crippen molar-refractivity contribution in [2.24, 2.45) is 0 Å². The van der Waals surface area contributed by atoms with Crippen LogP contribution in [0.1, 0.15) is 24.8 Å². The van der Waals surface area contributed by atoms with Crippen LogP contribution >= 0.6 is 11.8 Å². The zero-order valence-electron chi connectivity index (χ0n) is 12.8. The molecule has 1 atom stereocenters. The van der Waals surface area contributed by atoms with Crippen molar-refractivity contribution in [2.75, 3.05) is 11.4 Å². The van der Waals surface area contributed by atoms with Crippen LogP contribution in [0.25, 0.3) is 0 Å². The first-order valence-electron chi connectivity index (χ1n) is 7.75. The highest BCUT2D eigenvalue weighted by Crippen LogP contribution is 2.33. The van der Waals surface area contributed by atoms with Crippen LogP contribution in [-0.4, -0.2) is 12.6 Å². The predicted octanol–water partition coefficient (Wildman–Crippen LogP) is 5.03. The molecule has 0 radical (unpaired) electrons. The monoisotopic (exact) mass is 308 g/mol. The van der Waals surface area contributed by atoms with Crippen LogP contribution in [0.2, 0.25) is 0 Å². The summed E-state index contributed by atoms with van der Waals surface area (Å²) >= 11 is 1.81. The predicted molar refractivity (Wildman–Crippen MR) is 92.3 cm³/mol. The molecule has 2 aromatic rings. The molecule has 0 spiro atoms. The third kappa shape index (κ3) is 3.28. The second kappa shape index (κ2) is 6.89. The Morgan fingerprint density at radius 1 is 1.18 bits per heavy atom. The summed E-state index contributed by atoms with van der Waals surface area (Å²) in [6.45, 7) is 3.21. The Morgan fingerprint density at radius 3 is 2.68 bits per heavy atom. The van der Waals surface area contributed by atoms with E-state index in [1.54, 1.807) is 11.8 Å². The van der Waals surface area contributed by atoms with Gasteiger partial charge in [-0.2, -0.15) is 5.26 Å². The molecular formula is C19H20N2S. The number of rotatable bonds is 4. The second-order valence-electron chi connectivity index (χ2n) is 5.71. The minimum Gasteiger partial charge on any atom is -0.368 e. The molecule has 1 heterocycles. The van der Waals surface area contributed by atoms with E-state index < -0.39 is 0 Å². The largest absolute Gasteiger partial charge is 0.368 e. The number of nitriles is 1. The van der Waals surface area contributed by atoms with Gasteiger partial charge in [-0.15, -0.1) is 0 Å². The van der Waals surface area contributed by atoms with Gasteiger partial charge in [-0.1, -0.05) is 30.0 Å². The van der Waals surface area contributed by atoms with Gasteiger partial charge in [-0.25, -0.2) is 0 Å². The van der Waals surface area contributed by atoms with Crippen LogP contribution in [0.4, 0.5) is 5.69 Å². The lowest BCUT2D eigenvalue weighted by Crippen LogP contribution is -2.28. The van der Waals surface area contributed by atoms with E-state index in [4.69, 9.17) is 5.26 Å². The number of nitrogens with zero attached hydrogens (tertiary/aromatic N) is 2. The van der Waals surface area contributed by atoms with Gasteiger partial charge in [0.05, 0.1) is 12.5 Å². The van der Waals surface area contributed by atoms with Gasteiger partial charge in [0.25, 0.3) is 0 Å². The van der Waals surface area contributed by atoms with Gasteiger partial charge < -0.3 is 4.90 Å². The summed E-state index contributed by atoms with van der Waals surface area (Å²) in [7, 11) is 0. The lowest BCUT2D eigenvalue weighted by molar-refractivity contribution is 0.683. The normalized spacial score (nSPS) is 17.5. The van der Waals surface area contributed by atoms with Crippen LogP contribution < -0.4 is 4.90 Å². The number of anilines is 1. The molecule has 1 saturated heterocycles. The van der Waals surface area contributed by atoms with Crippen molar-refractivity contribution in [2.45, 2.75) is 42.0 Å². The van der Waals surface area contributed by atoms with E-state index in [2.05, 4.69) is 66.4 Å². The summed E-state index contributed by atoms with van der Waals surface area (Å²) in [6, 6.07) is 19.9. The quantitative estimate of drug-likeness (QED) is 0.792. The summed E-state index contributed by atoms with van der Waals surface area (Å²) in [5.41, 5.74) is 2.55. The van der Waals surface area contributed by atoms with E-state index in [1.807, 2.05) is 0 Å². The van der Waals surface area contributed by atoms with Crippen LogP contribution in [0, 0.1) is 18.3 Å². The molecule has 3 rings (SSSR count). The number of benzene rings is 2. The van der Waals surface area contributed by atoms with Crippen molar-refractivity contribution in [1.29, 1.82) is 5.26 Å². The van der Waals surface area contributed by atoms with Crippen LogP contribution in [0.5, 0.6) is 0 Å². The van der Waals surface area contributed by atoms with E-state index in [1.165, 1.54) is 27.5 Å². The highest BCUT2D eigenvalue weighted by Gasteiger charge is 2.24. The molecular weight excluding hydrogens is 288 g/mol. The first-order valence-corrected chi connectivity index (χ1v) is 8.57. The minimum atomic E-state index is 0.389. The SMILES string of the molecule is Cc1ccccc1Sc1ccc(N2CCCC2CC#N)cc1. The van der Waals surface area contributed by atoms with E-state index in [0.717, 1.165) is 13.0 Å². The molecule has 0 bridgehead atoms. The summed E-state index contributed by atoms with van der Waals surface area (Å²) in [4.78, 5) is 4.94. The molecule has 1 aliphatic rings. The van der Waals surface area contributed by atoms with Crippen LogP contribution in [-0.2, 0) is 0 Å². The maximum absolute atomic E-state index is 8.95. The molecule has 0 saturated carbocycles. The molecule has 3 heteroatoms. The maximum atomic E-state index is 8.95. The van der Waals surface area contributed by atoms with Gasteiger partial charge in [0, 0.05) is 28.1 Å². The average Bonchev–Trinajstić information content (AvgIpc) is 2.99. The Balaban J connectivity index is 1.73. The molecule has 0 amide bonds. The zero-order valence-corrected chi connectivity index (χ0v) is 13.6. The van der Waals surface area contributed by atoms with Crippen LogP contribution in [0.3, 0.4) is 0 Å². The Morgan fingerprint density at radius 2 is 1.95 bits per heavy atom. The fraction of sp³-hybridized carbons (Fsp3) is 0.316. The smallest absolute Gasteiger partial charge is 0.0643 e. The van der Waals surface area contributed by atoms with Crippen molar-refractivity contribution >= 4 is 17.4 Å². The van der Waals surface area contributed by atoms with Gasteiger partial charge in [0.15, 0.2) is 0 Å². The van der Waals surface area contributed by atoms with E-state index in [-0.39, 0.29) is 0 Å². The van der Waals surface area contributed by atoms with Gasteiger partial charge in [0.1, 0.15) is 0 Å². The van der Waals surface area contributed by atoms with Gasteiger partial charge in [-0.05, 0) is 55.7 Å². The first kappa shape index (κ1) is 15.0. The maximum Gasteiger partial charge on any atom is 0.0643 e. The molecule has 1 unspecified atom stereocenters. The topological polar surface area (TPSA) is 27.0 Å². The molecule has 112 valence electrons. The summed E-state index contributed by atoms with van der Waals surface area (Å²) < 4.78 is 0. The molecule has 2 nitrogen and oxygen atoms in total. The third-order valence-electron chi connectivity index (χ3n) is 4.19. The summed E-state index contributed by atoms with van der Waals surface area (Å²) in [5.74, 6) is 0. The Kier molecular flexibility index (Phi) is 4.70. The molecule has 1 fully saturated rings. The fourth-order valence-electron chi connectivity index (χ4n) is 3.00. The zero-order chi connectivity index (χ0) is 15.4. The van der Waals surface area contributed by atoms with Crippen molar-refractivity contribution in [3.8, 4) is 6.07 Å². The average molecular weight is 308 g/mol. The van der Waals surface area contributed by atoms with Crippen molar-refractivity contribution < 1.29 is 0 Å². The Bertz CT molecular complexity index is 673. The van der Waals surface area contributed by atoms with Gasteiger partial charge in [0.2, 0.25) is 0 Å². The third-order valence-corrected chi connectivity index (χ3v) is 5.38. The standard InChI is InChI=1S/C19H20N2S/c1-15-5-2-3-7-19(15)22-18-10-8-17(9-11-18)21-14-4-6-16(21)12-13-20/h2-3,5,7-11,16H,4,6,12,14H2,1H3. The van der Waals surface area contributed by atoms with Crippen molar-refractivity contribution in [3.63, 3.8) is 0 Å². The minimum absolute atomic E-state index is 0.389.